The van der Waals surface area contributed by atoms with Crippen molar-refractivity contribution in [2.45, 2.75) is 35.3 Å². The largest absolute Gasteiger partial charge is 0.465 e. The Kier molecular flexibility index (Phi) is 6.48. The third-order valence-corrected chi connectivity index (χ3v) is 9.06. The van der Waals surface area contributed by atoms with Gasteiger partial charge in [-0.25, -0.2) is 0 Å². The predicted octanol–water partition coefficient (Wildman–Crippen LogP) is 2.82. The number of unbranched alkanes of at least 4 members (excludes halogenated alkanes) is 1. The molecule has 0 radical (unpaired) electrons. The van der Waals surface area contributed by atoms with Gasteiger partial charge in [-0.15, -0.1) is 11.8 Å². The second-order valence-electron chi connectivity index (χ2n) is 9.02. The lowest BCUT2D eigenvalue weighted by Gasteiger charge is -2.35. The quantitative estimate of drug-likeness (QED) is 0.378. The number of anilines is 1. The van der Waals surface area contributed by atoms with Gasteiger partial charge in [0, 0.05) is 35.7 Å². The van der Waals surface area contributed by atoms with Crippen LogP contribution in [0.1, 0.15) is 19.3 Å². The van der Waals surface area contributed by atoms with Crippen molar-refractivity contribution in [3.63, 3.8) is 0 Å². The number of hydrogen-bond donors (Lipinski definition) is 1. The van der Waals surface area contributed by atoms with Gasteiger partial charge >= 0.3 is 5.97 Å². The smallest absolute Gasteiger partial charge is 0.311 e. The lowest BCUT2D eigenvalue weighted by Crippen LogP contribution is -2.53. The van der Waals surface area contributed by atoms with E-state index in [9.17, 15) is 19.5 Å². The molecule has 2 saturated heterocycles. The highest BCUT2D eigenvalue weighted by atomic mass is 35.5. The van der Waals surface area contributed by atoms with Crippen molar-refractivity contribution in [1.82, 2.24) is 4.90 Å². The van der Waals surface area contributed by atoms with Crippen LogP contribution < -0.4 is 4.90 Å². The van der Waals surface area contributed by atoms with Crippen LogP contribution in [-0.2, 0) is 19.1 Å². The first-order valence-corrected chi connectivity index (χ1v) is 12.9. The molecule has 0 bridgehead atoms. The summed E-state index contributed by atoms with van der Waals surface area (Å²) >= 11 is 7.59. The molecule has 4 aliphatic heterocycles. The second-order valence-corrected chi connectivity index (χ2v) is 10.9. The van der Waals surface area contributed by atoms with E-state index in [1.165, 1.54) is 11.8 Å². The summed E-state index contributed by atoms with van der Waals surface area (Å²) in [6, 6.07) is 6.32. The maximum atomic E-state index is 14.1. The zero-order valence-electron chi connectivity index (χ0n) is 18.6. The summed E-state index contributed by atoms with van der Waals surface area (Å²) in [5.41, 5.74) is 0.704. The molecular formula is C25H27ClN2O5S. The Morgan fingerprint density at radius 2 is 1.91 bits per heavy atom. The van der Waals surface area contributed by atoms with Gasteiger partial charge in [0.1, 0.15) is 6.04 Å². The molecule has 0 aliphatic carbocycles. The Hall–Kier alpha value is -2.29. The number of rotatable bonds is 5. The number of thioether (sulfide) groups is 1. The van der Waals surface area contributed by atoms with E-state index < -0.39 is 22.6 Å². The number of fused-ring (bicyclic) bond motifs is 2. The van der Waals surface area contributed by atoms with Gasteiger partial charge in [-0.2, -0.15) is 0 Å². The van der Waals surface area contributed by atoms with Crippen molar-refractivity contribution < 1.29 is 24.2 Å². The Morgan fingerprint density at radius 3 is 2.68 bits per heavy atom. The third kappa shape index (κ3) is 3.76. The molecule has 1 spiro atoms. The highest BCUT2D eigenvalue weighted by molar-refractivity contribution is 8.02. The van der Waals surface area contributed by atoms with E-state index in [-0.39, 0.29) is 29.6 Å². The van der Waals surface area contributed by atoms with Crippen LogP contribution in [0.3, 0.4) is 0 Å². The van der Waals surface area contributed by atoms with E-state index in [2.05, 4.69) is 0 Å². The van der Waals surface area contributed by atoms with Crippen LogP contribution in [0.15, 0.2) is 48.6 Å². The van der Waals surface area contributed by atoms with Crippen LogP contribution in [0.2, 0.25) is 5.02 Å². The topological polar surface area (TPSA) is 87.2 Å². The first kappa shape index (κ1) is 23.5. The average Bonchev–Trinajstić information content (AvgIpc) is 3.18. The second kappa shape index (κ2) is 9.40. The molecule has 2 fully saturated rings. The average molecular weight is 503 g/mol. The maximum absolute atomic E-state index is 14.1. The van der Waals surface area contributed by atoms with Gasteiger partial charge in [0.15, 0.2) is 0 Å². The molecule has 5 atom stereocenters. The van der Waals surface area contributed by atoms with Crippen molar-refractivity contribution in [2.24, 2.45) is 11.8 Å². The number of likely N-dealkylation sites (tertiary alicyclic amines) is 1. The van der Waals surface area contributed by atoms with Crippen LogP contribution in [0, 0.1) is 11.8 Å². The number of halogens is 1. The number of esters is 1. The first-order valence-electron chi connectivity index (χ1n) is 11.6. The van der Waals surface area contributed by atoms with E-state index in [0.717, 1.165) is 0 Å². The van der Waals surface area contributed by atoms with Gasteiger partial charge < -0.3 is 19.6 Å². The number of amides is 2. The van der Waals surface area contributed by atoms with Crippen LogP contribution in [-0.4, -0.2) is 70.1 Å². The van der Waals surface area contributed by atoms with Gasteiger partial charge in [0.25, 0.3) is 5.91 Å². The molecule has 1 unspecified atom stereocenters. The first-order chi connectivity index (χ1) is 16.5. The number of hydrogen-bond acceptors (Lipinski definition) is 6. The fraction of sp³-hybridized carbons (Fsp3) is 0.480. The molecule has 0 saturated carbocycles. The highest BCUT2D eigenvalue weighted by Crippen LogP contribution is 2.60. The minimum absolute atomic E-state index is 0.0165. The summed E-state index contributed by atoms with van der Waals surface area (Å²) in [6.07, 6.45) is 9.66. The zero-order chi connectivity index (χ0) is 23.9. The molecule has 7 nitrogen and oxygen atoms in total. The minimum atomic E-state index is -0.864. The van der Waals surface area contributed by atoms with E-state index in [0.29, 0.717) is 49.7 Å². The van der Waals surface area contributed by atoms with Crippen LogP contribution in [0.25, 0.3) is 0 Å². The molecule has 4 aliphatic rings. The summed E-state index contributed by atoms with van der Waals surface area (Å²) < 4.78 is 4.62. The molecule has 1 aromatic carbocycles. The summed E-state index contributed by atoms with van der Waals surface area (Å²) in [6.45, 7) is 1.02. The molecule has 180 valence electrons. The van der Waals surface area contributed by atoms with Gasteiger partial charge in [-0.05, 0) is 43.5 Å². The van der Waals surface area contributed by atoms with E-state index in [4.69, 9.17) is 16.3 Å². The lowest BCUT2D eigenvalue weighted by atomic mass is 9.78. The van der Waals surface area contributed by atoms with Gasteiger partial charge in [0.2, 0.25) is 5.91 Å². The molecule has 34 heavy (non-hydrogen) atoms. The summed E-state index contributed by atoms with van der Waals surface area (Å²) in [5.74, 6) is -2.05. The third-order valence-electron chi connectivity index (χ3n) is 7.07. The van der Waals surface area contributed by atoms with Crippen LogP contribution in [0.4, 0.5) is 5.69 Å². The van der Waals surface area contributed by atoms with Crippen molar-refractivity contribution in [3.05, 3.63) is 53.6 Å². The number of carbonyl (C=O) groups is 3. The molecular weight excluding hydrogens is 476 g/mol. The van der Waals surface area contributed by atoms with Crippen molar-refractivity contribution in [2.75, 3.05) is 31.2 Å². The number of ether oxygens (including phenoxy) is 1. The number of nitrogens with zero attached hydrogens (tertiary/aromatic N) is 2. The normalized spacial score (nSPS) is 32.6. The molecule has 5 rings (SSSR count). The molecule has 0 aromatic heterocycles. The molecule has 9 heteroatoms. The van der Waals surface area contributed by atoms with E-state index >= 15 is 0 Å². The predicted molar refractivity (Wildman–Crippen MR) is 131 cm³/mol. The molecule has 4 heterocycles. The monoisotopic (exact) mass is 502 g/mol. The zero-order valence-corrected chi connectivity index (χ0v) is 20.2. The summed E-state index contributed by atoms with van der Waals surface area (Å²) in [5, 5.41) is 9.63. The summed E-state index contributed by atoms with van der Waals surface area (Å²) in [7, 11) is 0. The standard InChI is InChI=1S/C25H27ClN2O5S/c26-16-7-9-17(10-8-16)27-13-5-11-25-20(19-18(34-25)6-1-4-15-33-24(19)32)22(30)28(12-2-3-14-29)21(25)23(27)31/h1,5-11,18-21,29H,2-4,12-15H2/t18-,19+,20-,21?,25-/m0/s1. The number of carbonyl (C=O) groups excluding carboxylic acids is 3. The number of aliphatic hydroxyl groups excluding tert-OH is 1. The SMILES string of the molecule is O=C1OCCC=C[C@@H]2S[C@]34C=CCN(c5ccc(Cl)cc5)C(=O)C3N(CCCCO)C(=O)[C@@H]4[C@H]12. The van der Waals surface area contributed by atoms with E-state index in [1.807, 2.05) is 24.3 Å². The van der Waals surface area contributed by atoms with Gasteiger partial charge in [-0.1, -0.05) is 35.9 Å². The molecule has 1 N–H and O–H groups in total. The Morgan fingerprint density at radius 1 is 1.12 bits per heavy atom. The Balaban J connectivity index is 1.58. The Labute approximate surface area is 207 Å². The maximum Gasteiger partial charge on any atom is 0.311 e. The number of benzene rings is 1. The lowest BCUT2D eigenvalue weighted by molar-refractivity contribution is -0.153. The van der Waals surface area contributed by atoms with Crippen LogP contribution >= 0.6 is 23.4 Å². The van der Waals surface area contributed by atoms with Crippen molar-refractivity contribution >= 4 is 46.8 Å². The fourth-order valence-electron chi connectivity index (χ4n) is 5.59. The van der Waals surface area contributed by atoms with Crippen molar-refractivity contribution in [1.29, 1.82) is 0 Å². The van der Waals surface area contributed by atoms with Gasteiger partial charge in [0.05, 0.1) is 23.2 Å². The van der Waals surface area contributed by atoms with Crippen molar-refractivity contribution in [3.8, 4) is 0 Å². The number of aliphatic hydroxyl groups is 1. The van der Waals surface area contributed by atoms with Gasteiger partial charge in [-0.3, -0.25) is 14.4 Å². The summed E-state index contributed by atoms with van der Waals surface area (Å²) in [4.78, 5) is 44.4. The van der Waals surface area contributed by atoms with E-state index in [1.54, 1.807) is 34.1 Å². The number of cyclic esters (lactones) is 1. The van der Waals surface area contributed by atoms with Crippen LogP contribution in [0.5, 0.6) is 0 Å². The molecule has 1 aromatic rings. The highest BCUT2D eigenvalue weighted by Gasteiger charge is 2.70. The Bertz CT molecular complexity index is 1040. The molecule has 2 amide bonds. The fourth-order valence-corrected chi connectivity index (χ4v) is 7.72. The minimum Gasteiger partial charge on any atom is -0.465 e.